The van der Waals surface area contributed by atoms with Crippen LogP contribution in [0.1, 0.15) is 23.9 Å². The van der Waals surface area contributed by atoms with E-state index in [2.05, 4.69) is 53.4 Å². The first-order valence-corrected chi connectivity index (χ1v) is 8.15. The van der Waals surface area contributed by atoms with Crippen molar-refractivity contribution in [2.75, 3.05) is 0 Å². The lowest BCUT2D eigenvalue weighted by molar-refractivity contribution is -0.716. The van der Waals surface area contributed by atoms with E-state index in [1.807, 2.05) is 22.9 Å². The number of aromatic nitrogens is 3. The zero-order valence-corrected chi connectivity index (χ0v) is 14.0. The van der Waals surface area contributed by atoms with Crippen molar-refractivity contribution in [3.8, 4) is 5.69 Å². The molecule has 2 heterocycles. The molecule has 4 rings (SSSR count). The Bertz CT molecular complexity index is 794. The summed E-state index contributed by atoms with van der Waals surface area (Å²) in [6.45, 7) is 0. The van der Waals surface area contributed by atoms with Crippen molar-refractivity contribution in [3.05, 3.63) is 78.4 Å². The van der Waals surface area contributed by atoms with Crippen molar-refractivity contribution < 1.29 is 22.2 Å². The predicted molar refractivity (Wildman–Crippen MR) is 90.3 cm³/mol. The van der Waals surface area contributed by atoms with Crippen molar-refractivity contribution in [2.45, 2.75) is 25.3 Å². The van der Waals surface area contributed by atoms with E-state index in [1.165, 1.54) is 17.8 Å². The van der Waals surface area contributed by atoms with Gasteiger partial charge in [0.2, 0.25) is 6.33 Å². The van der Waals surface area contributed by atoms with E-state index >= 15 is 0 Å². The van der Waals surface area contributed by atoms with Gasteiger partial charge in [-0.2, -0.15) is 0 Å². The molecule has 8 heteroatoms. The van der Waals surface area contributed by atoms with E-state index in [-0.39, 0.29) is 4.70 Å². The van der Waals surface area contributed by atoms with Crippen LogP contribution < -0.4 is 9.27 Å². The molecule has 0 saturated carbocycles. The molecule has 0 bridgehead atoms. The van der Waals surface area contributed by atoms with Gasteiger partial charge in [-0.1, -0.05) is 53.2 Å². The molecule has 1 aromatic heterocycles. The molecule has 1 atom stereocenters. The van der Waals surface area contributed by atoms with Crippen LogP contribution in [0.5, 0.6) is 0 Å². The van der Waals surface area contributed by atoms with Gasteiger partial charge in [-0.15, -0.1) is 0 Å². The summed E-state index contributed by atoms with van der Waals surface area (Å²) in [6, 6.07) is 21.6. The molecule has 0 fully saturated rings. The molecule has 2 aromatic carbocycles. The molecule has 3 nitrogen and oxygen atoms in total. The first kappa shape index (κ1) is 19.7. The van der Waals surface area contributed by atoms with Gasteiger partial charge in [-0.3, -0.25) is 12.9 Å². The molecule has 26 heavy (non-hydrogen) atoms. The summed E-state index contributed by atoms with van der Waals surface area (Å²) in [4.78, 5) is 0. The zero-order valence-electron chi connectivity index (χ0n) is 14.0. The highest BCUT2D eigenvalue weighted by Gasteiger charge is 2.31. The smallest absolute Gasteiger partial charge is 0.762 e. The zero-order chi connectivity index (χ0) is 17.6. The van der Waals surface area contributed by atoms with Gasteiger partial charge in [0.1, 0.15) is 5.69 Å². The largest absolute Gasteiger partial charge is 1.00 e. The minimum atomic E-state index is -3.67. The monoisotopic (exact) mass is 363 g/mol. The Morgan fingerprint density at radius 2 is 1.58 bits per heavy atom. The standard InChI is InChI=1S/C18H18N3.BF3.FH/c1-3-7-15(8-4-1)13-17-11-12-18-19-21(14-20(17)18)16-9-5-2-6-10-16;2-1(3)4;/h1-10,14,17H,11-13H2;;1H/q+1;;/p-1. The van der Waals surface area contributed by atoms with Gasteiger partial charge >= 0.3 is 7.54 Å². The molecule has 0 spiro atoms. The number of benzene rings is 2. The summed E-state index contributed by atoms with van der Waals surface area (Å²) in [6.07, 6.45) is 5.48. The van der Waals surface area contributed by atoms with Crippen molar-refractivity contribution in [2.24, 2.45) is 0 Å². The summed E-state index contributed by atoms with van der Waals surface area (Å²) < 4.78 is 33.3. The number of halogens is 4. The summed E-state index contributed by atoms with van der Waals surface area (Å²) in [5.74, 6) is 1.19. The summed E-state index contributed by atoms with van der Waals surface area (Å²) in [5.41, 5.74) is 2.52. The highest BCUT2D eigenvalue weighted by atomic mass is 19.4. The summed E-state index contributed by atoms with van der Waals surface area (Å²) >= 11 is 0. The molecular formula is C18H18BF4N3. The number of para-hydroxylation sites is 1. The third-order valence-electron chi connectivity index (χ3n) is 4.18. The van der Waals surface area contributed by atoms with Gasteiger partial charge in [0.25, 0.3) is 5.82 Å². The number of rotatable bonds is 3. The first-order chi connectivity index (χ1) is 12.1. The number of hydrogen-bond donors (Lipinski definition) is 0. The van der Waals surface area contributed by atoms with Gasteiger partial charge in [0.15, 0.2) is 0 Å². The number of fused-ring (bicyclic) bond motifs is 1. The minimum absolute atomic E-state index is 0. The molecule has 0 radical (unpaired) electrons. The van der Waals surface area contributed by atoms with Crippen molar-refractivity contribution in [3.63, 3.8) is 0 Å². The van der Waals surface area contributed by atoms with Gasteiger partial charge in [-0.25, -0.2) is 4.57 Å². The van der Waals surface area contributed by atoms with E-state index in [0.717, 1.165) is 18.5 Å². The van der Waals surface area contributed by atoms with E-state index in [9.17, 15) is 12.9 Å². The second kappa shape index (κ2) is 9.17. The molecule has 1 unspecified atom stereocenters. The van der Waals surface area contributed by atoms with Crippen LogP contribution in [0.2, 0.25) is 0 Å². The second-order valence-electron chi connectivity index (χ2n) is 5.85. The van der Waals surface area contributed by atoms with Gasteiger partial charge in [0, 0.05) is 17.9 Å². The second-order valence-corrected chi connectivity index (χ2v) is 5.85. The predicted octanol–water partition coefficient (Wildman–Crippen LogP) is 0.774. The molecule has 1 aliphatic rings. The number of hydrogen-bond acceptors (Lipinski definition) is 1. The van der Waals surface area contributed by atoms with E-state index in [1.54, 1.807) is 0 Å². The average Bonchev–Trinajstić information content (AvgIpc) is 3.18. The van der Waals surface area contributed by atoms with Crippen molar-refractivity contribution in [1.82, 2.24) is 9.78 Å². The Morgan fingerprint density at radius 3 is 2.19 bits per heavy atom. The highest BCUT2D eigenvalue weighted by Crippen LogP contribution is 2.21. The van der Waals surface area contributed by atoms with Crippen LogP contribution in [0, 0.1) is 0 Å². The number of aryl methyl sites for hydroxylation is 1. The van der Waals surface area contributed by atoms with Crippen LogP contribution in [-0.2, 0) is 12.8 Å². The highest BCUT2D eigenvalue weighted by molar-refractivity contribution is 6.33. The Hall–Kier alpha value is -2.64. The summed E-state index contributed by atoms with van der Waals surface area (Å²) in [5, 5.41) is 4.73. The van der Waals surface area contributed by atoms with E-state index < -0.39 is 7.54 Å². The topological polar surface area (TPSA) is 21.7 Å². The van der Waals surface area contributed by atoms with Crippen LogP contribution in [0.15, 0.2) is 67.0 Å². The molecule has 0 aliphatic carbocycles. The van der Waals surface area contributed by atoms with E-state index in [0.29, 0.717) is 6.04 Å². The molecule has 0 N–H and O–H groups in total. The quantitative estimate of drug-likeness (QED) is 0.383. The van der Waals surface area contributed by atoms with Crippen molar-refractivity contribution >= 4 is 7.54 Å². The Morgan fingerprint density at radius 1 is 1.00 bits per heavy atom. The molecule has 0 saturated heterocycles. The van der Waals surface area contributed by atoms with Crippen molar-refractivity contribution in [1.29, 1.82) is 0 Å². The maximum Gasteiger partial charge on any atom is 0.762 e. The fourth-order valence-corrected chi connectivity index (χ4v) is 3.10. The van der Waals surface area contributed by atoms with Gasteiger partial charge in [-0.05, 0) is 24.1 Å². The Labute approximate surface area is 149 Å². The maximum absolute atomic E-state index is 9.67. The van der Waals surface area contributed by atoms with Gasteiger partial charge < -0.3 is 4.70 Å². The first-order valence-electron chi connectivity index (χ1n) is 8.15. The van der Waals surface area contributed by atoms with Crippen LogP contribution in [0.3, 0.4) is 0 Å². The van der Waals surface area contributed by atoms with Crippen LogP contribution in [-0.4, -0.2) is 17.3 Å². The fraction of sp³-hybridized carbons (Fsp3) is 0.222. The van der Waals surface area contributed by atoms with Crippen LogP contribution in [0.4, 0.5) is 12.9 Å². The summed E-state index contributed by atoms with van der Waals surface area (Å²) in [7, 11) is -3.67. The lowest BCUT2D eigenvalue weighted by atomic mass is 10.0. The van der Waals surface area contributed by atoms with Gasteiger partial charge in [0.05, 0.1) is 6.04 Å². The fourth-order valence-electron chi connectivity index (χ4n) is 3.10. The molecular weight excluding hydrogens is 345 g/mol. The maximum atomic E-state index is 9.67. The third kappa shape index (κ3) is 4.94. The molecule has 3 aromatic rings. The number of nitrogens with zero attached hydrogens (tertiary/aromatic N) is 3. The Balaban J connectivity index is 0.000000444. The molecule has 1 aliphatic heterocycles. The van der Waals surface area contributed by atoms with E-state index in [4.69, 9.17) is 5.10 Å². The lowest BCUT2D eigenvalue weighted by Gasteiger charge is -2.08. The minimum Gasteiger partial charge on any atom is -1.00 e. The lowest BCUT2D eigenvalue weighted by Crippen LogP contribution is -3.00. The molecule has 0 amide bonds. The van der Waals surface area contributed by atoms with Crippen LogP contribution >= 0.6 is 0 Å². The Kier molecular flexibility index (Phi) is 6.94. The third-order valence-corrected chi connectivity index (χ3v) is 4.18. The molecule has 136 valence electrons. The van der Waals surface area contributed by atoms with Crippen LogP contribution in [0.25, 0.3) is 5.69 Å². The average molecular weight is 363 g/mol. The SMILES string of the molecule is FB(F)F.[F-].c1ccc(CC2CCc3nn(-c4ccccc4)c[n+]32)cc1. The normalized spacial score (nSPS) is 14.7.